The fourth-order valence-corrected chi connectivity index (χ4v) is 3.57. The van der Waals surface area contributed by atoms with Crippen LogP contribution in [0.4, 0.5) is 5.69 Å². The lowest BCUT2D eigenvalue weighted by molar-refractivity contribution is -0.117. The molecule has 5 nitrogen and oxygen atoms in total. The number of carbonyl (C=O) groups is 2. The maximum atomic E-state index is 12.6. The van der Waals surface area contributed by atoms with E-state index in [0.29, 0.717) is 18.6 Å². The summed E-state index contributed by atoms with van der Waals surface area (Å²) < 4.78 is 5.49. The number of benzene rings is 2. The maximum absolute atomic E-state index is 12.6. The van der Waals surface area contributed by atoms with Crippen molar-refractivity contribution in [3.63, 3.8) is 0 Å². The predicted octanol–water partition coefficient (Wildman–Crippen LogP) is 3.24. The molecular weight excluding hydrogens is 328 g/mol. The van der Waals surface area contributed by atoms with E-state index < -0.39 is 0 Å². The van der Waals surface area contributed by atoms with Gasteiger partial charge in [0.2, 0.25) is 5.91 Å². The minimum absolute atomic E-state index is 0.102. The Hall–Kier alpha value is -2.82. The molecular formula is C21H22N2O3. The summed E-state index contributed by atoms with van der Waals surface area (Å²) in [5, 5.41) is 3.05. The van der Waals surface area contributed by atoms with Gasteiger partial charge in [0.15, 0.2) is 0 Å². The zero-order valence-electron chi connectivity index (χ0n) is 14.8. The van der Waals surface area contributed by atoms with Crippen molar-refractivity contribution in [2.24, 2.45) is 0 Å². The summed E-state index contributed by atoms with van der Waals surface area (Å²) in [4.78, 5) is 26.4. The lowest BCUT2D eigenvalue weighted by Crippen LogP contribution is -2.27. The van der Waals surface area contributed by atoms with Gasteiger partial charge in [-0.1, -0.05) is 12.1 Å². The number of carbonyl (C=O) groups excluding carboxylic acids is 2. The first-order chi connectivity index (χ1) is 12.6. The summed E-state index contributed by atoms with van der Waals surface area (Å²) in [6, 6.07) is 13.3. The number of rotatable bonds is 4. The Balaban J connectivity index is 1.48. The zero-order valence-corrected chi connectivity index (χ0v) is 14.8. The molecule has 1 atom stereocenters. The molecule has 0 saturated carbocycles. The highest BCUT2D eigenvalue weighted by Gasteiger charge is 2.22. The van der Waals surface area contributed by atoms with Gasteiger partial charge >= 0.3 is 0 Å². The molecule has 4 rings (SSSR count). The number of hydrogen-bond acceptors (Lipinski definition) is 3. The van der Waals surface area contributed by atoms with Gasteiger partial charge in [0.1, 0.15) is 5.75 Å². The Morgan fingerprint density at radius 1 is 1.19 bits per heavy atom. The fourth-order valence-electron chi connectivity index (χ4n) is 3.57. The molecule has 2 aromatic rings. The number of nitrogens with zero attached hydrogens (tertiary/aromatic N) is 1. The molecule has 2 amide bonds. The average Bonchev–Trinajstić information content (AvgIpc) is 3.29. The van der Waals surface area contributed by atoms with Crippen LogP contribution in [0.25, 0.3) is 0 Å². The highest BCUT2D eigenvalue weighted by molar-refractivity contribution is 5.96. The summed E-state index contributed by atoms with van der Waals surface area (Å²) in [5.41, 5.74) is 3.62. The molecule has 0 spiro atoms. The summed E-state index contributed by atoms with van der Waals surface area (Å²) in [6.45, 7) is 3.40. The smallest absolute Gasteiger partial charge is 0.251 e. The normalized spacial score (nSPS) is 17.0. The third-order valence-electron chi connectivity index (χ3n) is 5.05. The molecule has 134 valence electrons. The molecule has 0 aromatic heterocycles. The molecule has 2 aliphatic rings. The Labute approximate surface area is 153 Å². The van der Waals surface area contributed by atoms with Crippen LogP contribution in [-0.2, 0) is 11.2 Å². The van der Waals surface area contributed by atoms with Crippen LogP contribution < -0.4 is 15.0 Å². The summed E-state index contributed by atoms with van der Waals surface area (Å²) >= 11 is 0. The van der Waals surface area contributed by atoms with E-state index >= 15 is 0 Å². The Kier molecular flexibility index (Phi) is 4.37. The number of amides is 2. The van der Waals surface area contributed by atoms with Crippen LogP contribution >= 0.6 is 0 Å². The lowest BCUT2D eigenvalue weighted by atomic mass is 10.1. The predicted molar refractivity (Wildman–Crippen MR) is 99.6 cm³/mol. The zero-order chi connectivity index (χ0) is 18.1. The minimum Gasteiger partial charge on any atom is -0.493 e. The van der Waals surface area contributed by atoms with Crippen molar-refractivity contribution in [2.75, 3.05) is 18.1 Å². The molecule has 2 aliphatic heterocycles. The van der Waals surface area contributed by atoms with Gasteiger partial charge in [0.05, 0.1) is 12.6 Å². The maximum Gasteiger partial charge on any atom is 0.251 e. The van der Waals surface area contributed by atoms with E-state index in [4.69, 9.17) is 4.74 Å². The van der Waals surface area contributed by atoms with Crippen molar-refractivity contribution >= 4 is 17.5 Å². The summed E-state index contributed by atoms with van der Waals surface area (Å²) in [6.07, 6.45) is 2.36. The second-order valence-corrected chi connectivity index (χ2v) is 6.86. The first kappa shape index (κ1) is 16.6. The van der Waals surface area contributed by atoms with Crippen LogP contribution in [-0.4, -0.2) is 25.0 Å². The average molecular weight is 350 g/mol. The van der Waals surface area contributed by atoms with Crippen molar-refractivity contribution in [3.05, 3.63) is 59.2 Å². The van der Waals surface area contributed by atoms with Gasteiger partial charge in [-0.2, -0.15) is 0 Å². The number of anilines is 1. The Morgan fingerprint density at radius 2 is 2.08 bits per heavy atom. The third-order valence-corrected chi connectivity index (χ3v) is 5.05. The molecule has 0 bridgehead atoms. The van der Waals surface area contributed by atoms with E-state index in [1.54, 1.807) is 6.07 Å². The lowest BCUT2D eigenvalue weighted by Gasteiger charge is -2.19. The van der Waals surface area contributed by atoms with E-state index in [0.717, 1.165) is 42.0 Å². The Bertz CT molecular complexity index is 862. The minimum atomic E-state index is -0.148. The molecule has 1 fully saturated rings. The second kappa shape index (κ2) is 6.83. The van der Waals surface area contributed by atoms with Crippen molar-refractivity contribution in [3.8, 4) is 5.75 Å². The molecule has 5 heteroatoms. The van der Waals surface area contributed by atoms with Crippen LogP contribution in [0.1, 0.15) is 47.3 Å². The van der Waals surface area contributed by atoms with Gasteiger partial charge in [-0.25, -0.2) is 0 Å². The van der Waals surface area contributed by atoms with Crippen LogP contribution in [0.5, 0.6) is 5.75 Å². The van der Waals surface area contributed by atoms with Crippen molar-refractivity contribution < 1.29 is 14.3 Å². The molecule has 1 N–H and O–H groups in total. The topological polar surface area (TPSA) is 58.6 Å². The number of nitrogens with one attached hydrogen (secondary N) is 1. The van der Waals surface area contributed by atoms with Gasteiger partial charge in [-0.05, 0) is 54.8 Å². The van der Waals surface area contributed by atoms with Crippen LogP contribution in [0.3, 0.4) is 0 Å². The molecule has 2 heterocycles. The number of hydrogen-bond donors (Lipinski definition) is 1. The van der Waals surface area contributed by atoms with Gasteiger partial charge in [-0.15, -0.1) is 0 Å². The summed E-state index contributed by atoms with van der Waals surface area (Å²) in [5.74, 6) is 0.937. The van der Waals surface area contributed by atoms with Crippen molar-refractivity contribution in [1.82, 2.24) is 5.32 Å². The molecule has 0 aliphatic carbocycles. The largest absolute Gasteiger partial charge is 0.493 e. The second-order valence-electron chi connectivity index (χ2n) is 6.86. The molecule has 2 aromatic carbocycles. The number of fused-ring (bicyclic) bond motifs is 1. The fraction of sp³-hybridized carbons (Fsp3) is 0.333. The van der Waals surface area contributed by atoms with Gasteiger partial charge < -0.3 is 15.0 Å². The molecule has 1 saturated heterocycles. The van der Waals surface area contributed by atoms with E-state index in [9.17, 15) is 9.59 Å². The quantitative estimate of drug-likeness (QED) is 0.921. The van der Waals surface area contributed by atoms with E-state index in [-0.39, 0.29) is 17.9 Å². The number of ether oxygens (including phenoxy) is 1. The van der Waals surface area contributed by atoms with Gasteiger partial charge in [-0.3, -0.25) is 9.59 Å². The van der Waals surface area contributed by atoms with Crippen LogP contribution in [0, 0.1) is 0 Å². The van der Waals surface area contributed by atoms with Crippen LogP contribution in [0.2, 0.25) is 0 Å². The van der Waals surface area contributed by atoms with Crippen molar-refractivity contribution in [1.29, 1.82) is 0 Å². The van der Waals surface area contributed by atoms with Crippen molar-refractivity contribution in [2.45, 2.75) is 32.2 Å². The van der Waals surface area contributed by atoms with Crippen LogP contribution in [0.15, 0.2) is 42.5 Å². The first-order valence-electron chi connectivity index (χ1n) is 9.09. The standard InChI is InChI=1S/C21H22N2O3/c1-14(15-4-2-5-18(13-15)23-10-3-6-20(23)24)22-21(25)17-7-8-19-16(12-17)9-11-26-19/h2,4-5,7-8,12-14H,3,6,9-11H2,1H3,(H,22,25). The molecule has 0 radical (unpaired) electrons. The third kappa shape index (κ3) is 3.17. The Morgan fingerprint density at radius 3 is 2.88 bits per heavy atom. The highest BCUT2D eigenvalue weighted by atomic mass is 16.5. The summed E-state index contributed by atoms with van der Waals surface area (Å²) in [7, 11) is 0. The SMILES string of the molecule is CC(NC(=O)c1ccc2c(c1)CCO2)c1cccc(N2CCCC2=O)c1. The molecule has 26 heavy (non-hydrogen) atoms. The van der Waals surface area contributed by atoms with Gasteiger partial charge in [0, 0.05) is 30.6 Å². The van der Waals surface area contributed by atoms with Gasteiger partial charge in [0.25, 0.3) is 5.91 Å². The highest BCUT2D eigenvalue weighted by Crippen LogP contribution is 2.27. The molecule has 1 unspecified atom stereocenters. The monoisotopic (exact) mass is 350 g/mol. The van der Waals surface area contributed by atoms with E-state index in [1.165, 1.54) is 0 Å². The first-order valence-corrected chi connectivity index (χ1v) is 9.09. The van der Waals surface area contributed by atoms with E-state index in [1.807, 2.05) is 48.2 Å². The van der Waals surface area contributed by atoms with E-state index in [2.05, 4.69) is 5.32 Å².